The molecular formula is C13H19BrFNO. The fourth-order valence-electron chi connectivity index (χ4n) is 1.60. The Morgan fingerprint density at radius 2 is 2.06 bits per heavy atom. The number of nitrogens with two attached hydrogens (primary N) is 1. The maximum atomic E-state index is 13.4. The van der Waals surface area contributed by atoms with Gasteiger partial charge in [-0.3, -0.25) is 0 Å². The van der Waals surface area contributed by atoms with Gasteiger partial charge in [-0.15, -0.1) is 0 Å². The molecule has 17 heavy (non-hydrogen) atoms. The predicted octanol–water partition coefficient (Wildman–Crippen LogP) is 4.03. The van der Waals surface area contributed by atoms with Crippen LogP contribution in [0.5, 0.6) is 5.75 Å². The predicted molar refractivity (Wildman–Crippen MR) is 71.7 cm³/mol. The summed E-state index contributed by atoms with van der Waals surface area (Å²) in [6.07, 6.45) is 0.937. The molecule has 2 nitrogen and oxygen atoms in total. The Morgan fingerprint density at radius 1 is 1.47 bits per heavy atom. The highest BCUT2D eigenvalue weighted by molar-refractivity contribution is 9.10. The van der Waals surface area contributed by atoms with Gasteiger partial charge in [0.05, 0.1) is 11.6 Å². The highest BCUT2D eigenvalue weighted by Gasteiger charge is 2.28. The van der Waals surface area contributed by atoms with E-state index in [1.807, 2.05) is 0 Å². The molecule has 96 valence electrons. The first-order valence-corrected chi connectivity index (χ1v) is 6.41. The normalized spacial score (nSPS) is 13.6. The van der Waals surface area contributed by atoms with Crippen LogP contribution in [0.4, 0.5) is 4.39 Å². The molecule has 1 aromatic carbocycles. The van der Waals surface area contributed by atoms with Crippen LogP contribution in [0, 0.1) is 11.2 Å². The molecule has 0 fully saturated rings. The summed E-state index contributed by atoms with van der Waals surface area (Å²) >= 11 is 3.18. The Kier molecular flexibility index (Phi) is 4.55. The average molecular weight is 304 g/mol. The van der Waals surface area contributed by atoms with E-state index in [1.165, 1.54) is 13.2 Å². The van der Waals surface area contributed by atoms with Gasteiger partial charge in [0.1, 0.15) is 11.6 Å². The number of methoxy groups -OCH3 is 1. The number of rotatable bonds is 4. The smallest absolute Gasteiger partial charge is 0.141 e. The zero-order valence-electron chi connectivity index (χ0n) is 10.7. The van der Waals surface area contributed by atoms with Crippen LogP contribution in [0.15, 0.2) is 16.6 Å². The zero-order valence-corrected chi connectivity index (χ0v) is 12.3. The molecule has 0 heterocycles. The van der Waals surface area contributed by atoms with Crippen LogP contribution in [0.2, 0.25) is 0 Å². The van der Waals surface area contributed by atoms with Crippen molar-refractivity contribution in [1.82, 2.24) is 0 Å². The lowest BCUT2D eigenvalue weighted by atomic mass is 9.78. The zero-order chi connectivity index (χ0) is 13.2. The molecule has 0 radical (unpaired) electrons. The Morgan fingerprint density at radius 3 is 2.53 bits per heavy atom. The molecule has 1 atom stereocenters. The summed E-state index contributed by atoms with van der Waals surface area (Å²) in [5.41, 5.74) is 7.02. The van der Waals surface area contributed by atoms with Crippen LogP contribution in [0.1, 0.15) is 38.8 Å². The maximum Gasteiger partial charge on any atom is 0.141 e. The van der Waals surface area contributed by atoms with Gasteiger partial charge in [-0.05, 0) is 33.8 Å². The van der Waals surface area contributed by atoms with Crippen LogP contribution < -0.4 is 10.5 Å². The van der Waals surface area contributed by atoms with Crippen LogP contribution in [0.25, 0.3) is 0 Å². The van der Waals surface area contributed by atoms with Crippen molar-refractivity contribution < 1.29 is 9.13 Å². The van der Waals surface area contributed by atoms with E-state index in [0.29, 0.717) is 10.2 Å². The van der Waals surface area contributed by atoms with Gasteiger partial charge < -0.3 is 10.5 Å². The molecule has 0 aliphatic carbocycles. The minimum atomic E-state index is -0.341. The third-order valence-electron chi connectivity index (χ3n) is 3.36. The van der Waals surface area contributed by atoms with Crippen molar-refractivity contribution >= 4 is 15.9 Å². The average Bonchev–Trinajstić information content (AvgIpc) is 2.31. The second-order valence-electron chi connectivity index (χ2n) is 4.83. The lowest BCUT2D eigenvalue weighted by molar-refractivity contribution is 0.270. The van der Waals surface area contributed by atoms with E-state index >= 15 is 0 Å². The minimum absolute atomic E-state index is 0.0649. The molecular weight excluding hydrogens is 285 g/mol. The van der Waals surface area contributed by atoms with Gasteiger partial charge in [0.2, 0.25) is 0 Å². The van der Waals surface area contributed by atoms with Gasteiger partial charge in [-0.1, -0.05) is 20.8 Å². The summed E-state index contributed by atoms with van der Waals surface area (Å²) in [4.78, 5) is 0. The van der Waals surface area contributed by atoms with Crippen molar-refractivity contribution in [2.75, 3.05) is 7.11 Å². The molecule has 4 heteroatoms. The minimum Gasteiger partial charge on any atom is -0.496 e. The lowest BCUT2D eigenvalue weighted by Gasteiger charge is -2.31. The molecule has 1 rings (SSSR count). The van der Waals surface area contributed by atoms with Crippen molar-refractivity contribution in [1.29, 1.82) is 0 Å². The lowest BCUT2D eigenvalue weighted by Crippen LogP contribution is -2.29. The Labute approximate surface area is 110 Å². The monoisotopic (exact) mass is 303 g/mol. The van der Waals surface area contributed by atoms with E-state index in [4.69, 9.17) is 10.5 Å². The summed E-state index contributed by atoms with van der Waals surface area (Å²) in [6.45, 7) is 6.27. The SMILES string of the molecule is CCC(C)(C)C(N)c1cc(Br)c(F)cc1OC. The maximum absolute atomic E-state index is 13.4. The molecule has 0 spiro atoms. The van der Waals surface area contributed by atoms with E-state index < -0.39 is 0 Å². The van der Waals surface area contributed by atoms with Crippen molar-refractivity contribution in [2.24, 2.45) is 11.1 Å². The Balaban J connectivity index is 3.25. The van der Waals surface area contributed by atoms with Crippen LogP contribution in [-0.2, 0) is 0 Å². The van der Waals surface area contributed by atoms with Gasteiger partial charge in [-0.2, -0.15) is 0 Å². The molecule has 0 saturated carbocycles. The van der Waals surface area contributed by atoms with Crippen molar-refractivity contribution in [3.8, 4) is 5.75 Å². The van der Waals surface area contributed by atoms with E-state index in [-0.39, 0.29) is 17.3 Å². The molecule has 0 saturated heterocycles. The summed E-state index contributed by atoms with van der Waals surface area (Å²) < 4.78 is 19.0. The Bertz CT molecular complexity index is 407. The standard InChI is InChI=1S/C13H19BrFNO/c1-5-13(2,3)12(16)8-6-9(14)10(15)7-11(8)17-4/h6-7,12H,5,16H2,1-4H3. The summed E-state index contributed by atoms with van der Waals surface area (Å²) in [5.74, 6) is 0.159. The number of halogens is 2. The van der Waals surface area contributed by atoms with Crippen molar-refractivity contribution in [3.63, 3.8) is 0 Å². The molecule has 0 aliphatic heterocycles. The number of hydrogen-bond acceptors (Lipinski definition) is 2. The van der Waals surface area contributed by atoms with E-state index in [1.54, 1.807) is 6.07 Å². The van der Waals surface area contributed by atoms with Gasteiger partial charge in [0.25, 0.3) is 0 Å². The largest absolute Gasteiger partial charge is 0.496 e. The Hall–Kier alpha value is -0.610. The van der Waals surface area contributed by atoms with Gasteiger partial charge in [-0.25, -0.2) is 4.39 Å². The first kappa shape index (κ1) is 14.5. The quantitative estimate of drug-likeness (QED) is 0.911. The molecule has 2 N–H and O–H groups in total. The fraction of sp³-hybridized carbons (Fsp3) is 0.538. The molecule has 1 unspecified atom stereocenters. The van der Waals surface area contributed by atoms with Crippen molar-refractivity contribution in [2.45, 2.75) is 33.2 Å². The van der Waals surface area contributed by atoms with Crippen LogP contribution in [-0.4, -0.2) is 7.11 Å². The third kappa shape index (κ3) is 2.99. The fourth-order valence-corrected chi connectivity index (χ4v) is 1.97. The van der Waals surface area contributed by atoms with Crippen LogP contribution >= 0.6 is 15.9 Å². The molecule has 1 aromatic rings. The summed E-state index contributed by atoms with van der Waals surface area (Å²) in [5, 5.41) is 0. The number of hydrogen-bond donors (Lipinski definition) is 1. The van der Waals surface area contributed by atoms with E-state index in [0.717, 1.165) is 12.0 Å². The summed E-state index contributed by atoms with van der Waals surface area (Å²) in [6, 6.07) is 2.88. The summed E-state index contributed by atoms with van der Waals surface area (Å²) in [7, 11) is 1.53. The van der Waals surface area contributed by atoms with E-state index in [9.17, 15) is 4.39 Å². The molecule has 0 bridgehead atoms. The third-order valence-corrected chi connectivity index (χ3v) is 3.97. The first-order chi connectivity index (χ1) is 7.83. The molecule has 0 aromatic heterocycles. The second-order valence-corrected chi connectivity index (χ2v) is 5.68. The topological polar surface area (TPSA) is 35.2 Å². The second kappa shape index (κ2) is 5.36. The highest BCUT2D eigenvalue weighted by atomic mass is 79.9. The first-order valence-electron chi connectivity index (χ1n) is 5.62. The van der Waals surface area contributed by atoms with Crippen LogP contribution in [0.3, 0.4) is 0 Å². The van der Waals surface area contributed by atoms with Crippen molar-refractivity contribution in [3.05, 3.63) is 28.0 Å². The number of benzene rings is 1. The van der Waals surface area contributed by atoms with Gasteiger partial charge >= 0.3 is 0 Å². The van der Waals surface area contributed by atoms with Gasteiger partial charge in [0, 0.05) is 17.7 Å². The highest BCUT2D eigenvalue weighted by Crippen LogP contribution is 2.39. The van der Waals surface area contributed by atoms with Gasteiger partial charge in [0.15, 0.2) is 0 Å². The number of ether oxygens (including phenoxy) is 1. The molecule has 0 aliphatic rings. The van der Waals surface area contributed by atoms with E-state index in [2.05, 4.69) is 36.7 Å². The molecule has 0 amide bonds.